The number of nitrogens with two attached hydrogens (primary N) is 1. The summed E-state index contributed by atoms with van der Waals surface area (Å²) in [6.07, 6.45) is -11.0. The van der Waals surface area contributed by atoms with Gasteiger partial charge in [0.2, 0.25) is 0 Å². The number of esters is 1. The maximum absolute atomic E-state index is 16.5. The topological polar surface area (TPSA) is 281 Å². The van der Waals surface area contributed by atoms with Gasteiger partial charge < -0.3 is 29.9 Å². The molecule has 3 aromatic heterocycles. The highest BCUT2D eigenvalue weighted by Gasteiger charge is 2.54. The van der Waals surface area contributed by atoms with E-state index in [1.54, 1.807) is 12.1 Å². The van der Waals surface area contributed by atoms with Crippen LogP contribution in [-0.4, -0.2) is 101 Å². The van der Waals surface area contributed by atoms with Crippen LogP contribution < -0.4 is 21.7 Å². The van der Waals surface area contributed by atoms with Gasteiger partial charge in [0.1, 0.15) is 53.9 Å². The third-order valence-electron chi connectivity index (χ3n) is 9.51. The van der Waals surface area contributed by atoms with E-state index in [0.717, 1.165) is 23.2 Å². The van der Waals surface area contributed by atoms with E-state index in [2.05, 4.69) is 15.0 Å². The van der Waals surface area contributed by atoms with Crippen molar-refractivity contribution in [3.05, 3.63) is 105 Å². The Hall–Kier alpha value is -4.87. The number of H-pyrrole nitrogens is 1. The van der Waals surface area contributed by atoms with Gasteiger partial charge >= 0.3 is 26.3 Å². The number of rotatable bonds is 8. The normalized spacial score (nSPS) is 30.9. The Labute approximate surface area is 339 Å². The number of nitrogen functional groups attached to an aromatic ring is 1. The molecule has 3 aliphatic heterocycles. The number of phenols is 1. The summed E-state index contributed by atoms with van der Waals surface area (Å²) in [6.45, 7) is -6.91. The van der Waals surface area contributed by atoms with Crippen molar-refractivity contribution >= 4 is 49.0 Å². The molecule has 6 heterocycles. The van der Waals surface area contributed by atoms with E-state index in [-0.39, 0.29) is 39.8 Å². The van der Waals surface area contributed by atoms with Gasteiger partial charge in [-0.25, -0.2) is 42.5 Å². The van der Waals surface area contributed by atoms with Crippen molar-refractivity contribution in [2.75, 3.05) is 18.9 Å². The van der Waals surface area contributed by atoms with Crippen molar-refractivity contribution in [3.8, 4) is 11.5 Å². The predicted molar refractivity (Wildman–Crippen MR) is 203 cm³/mol. The van der Waals surface area contributed by atoms with Crippen LogP contribution in [0.1, 0.15) is 22.1 Å². The lowest BCUT2D eigenvalue weighted by molar-refractivity contribution is -0.0577. The molecule has 0 amide bonds. The Balaban J connectivity index is 1.08. The first-order valence-electron chi connectivity index (χ1n) is 17.8. The number of hydrogen-bond acceptors (Lipinski definition) is 18. The summed E-state index contributed by atoms with van der Waals surface area (Å²) in [6, 6.07) is 12.5. The lowest BCUT2D eigenvalue weighted by Crippen LogP contribution is -2.37. The fourth-order valence-corrected chi connectivity index (χ4v) is 10.8. The van der Waals surface area contributed by atoms with Gasteiger partial charge in [-0.3, -0.25) is 37.0 Å². The average Bonchev–Trinajstić information content (AvgIpc) is 3.87. The van der Waals surface area contributed by atoms with Crippen LogP contribution in [0.5, 0.6) is 11.5 Å². The second-order valence-corrected chi connectivity index (χ2v) is 18.9. The molecule has 318 valence electrons. The fraction of sp³-hybridized carbons (Fsp3) is 0.353. The van der Waals surface area contributed by atoms with Crippen LogP contribution in [0.15, 0.2) is 83.0 Å². The number of phosphoric ester groups is 1. The van der Waals surface area contributed by atoms with Crippen LogP contribution in [0.3, 0.4) is 0 Å². The van der Waals surface area contributed by atoms with Gasteiger partial charge in [0.15, 0.2) is 30.0 Å². The van der Waals surface area contributed by atoms with Crippen molar-refractivity contribution in [2.45, 2.75) is 61.4 Å². The number of fused-ring (bicyclic) bond motifs is 4. The number of benzene rings is 2. The number of halogens is 2. The van der Waals surface area contributed by atoms with Crippen LogP contribution in [0, 0.1) is 0 Å². The zero-order chi connectivity index (χ0) is 42.3. The maximum atomic E-state index is 16.5. The van der Waals surface area contributed by atoms with Crippen molar-refractivity contribution in [2.24, 2.45) is 0 Å². The molecule has 10 atom stereocenters. The molecule has 3 fully saturated rings. The summed E-state index contributed by atoms with van der Waals surface area (Å²) in [4.78, 5) is 61.6. The van der Waals surface area contributed by atoms with Crippen LogP contribution in [-0.2, 0) is 49.0 Å². The molecule has 2 bridgehead atoms. The van der Waals surface area contributed by atoms with E-state index in [1.807, 2.05) is 4.98 Å². The third kappa shape index (κ3) is 8.93. The molecular weight excluding hydrogens is 862 g/mol. The van der Waals surface area contributed by atoms with Crippen molar-refractivity contribution in [1.82, 2.24) is 29.1 Å². The number of ether oxygens (including phenoxy) is 3. The molecule has 3 saturated heterocycles. The van der Waals surface area contributed by atoms with E-state index in [4.69, 9.17) is 38.0 Å². The lowest BCUT2D eigenvalue weighted by Gasteiger charge is -2.27. The first kappa shape index (κ1) is 41.8. The molecule has 3 aliphatic rings. The standard InChI is InChI=1S/C34H33F2N7O14P2S/c35-25-21(11-42-10-9-24(45)41-34(42)47)54-23-13-52-59(50,60-14-17-1-7-20(8-2-17)53-33(46)18-3-5-19(44)6-4-18)57-29-26(36)22(12-51-58(48,49)56-28(23)25)55-32(29)43-16-40-27-30(37)38-15-39-31(27)43/h1-10,15-16,21-23,25-26,28-29,32,44H,11-14H2,(H,48,49)(H2,37,38,39)(H,41,45,47)/t21-,22+,23+,25-,26+,28+,29+,32+,59-/m0/s1. The largest absolute Gasteiger partial charge is 0.508 e. The molecule has 60 heavy (non-hydrogen) atoms. The van der Waals surface area contributed by atoms with Crippen LogP contribution in [0.2, 0.25) is 0 Å². The van der Waals surface area contributed by atoms with E-state index < -0.39 is 101 Å². The summed E-state index contributed by atoms with van der Waals surface area (Å²) in [5, 5.41) is 9.50. The van der Waals surface area contributed by atoms with Crippen molar-refractivity contribution in [3.63, 3.8) is 0 Å². The number of phosphoric acid groups is 1. The van der Waals surface area contributed by atoms with Crippen LogP contribution in [0.4, 0.5) is 14.6 Å². The number of aromatic hydroxyl groups is 1. The zero-order valence-electron chi connectivity index (χ0n) is 30.5. The zero-order valence-corrected chi connectivity index (χ0v) is 33.1. The minimum Gasteiger partial charge on any atom is -0.508 e. The number of hydrogen-bond donors (Lipinski definition) is 4. The average molecular weight is 896 g/mol. The first-order valence-corrected chi connectivity index (χ1v) is 22.4. The Morgan fingerprint density at radius 1 is 0.950 bits per heavy atom. The number of nitrogens with one attached hydrogen (secondary N) is 1. The molecule has 0 radical (unpaired) electrons. The second-order valence-electron chi connectivity index (χ2n) is 13.5. The summed E-state index contributed by atoms with van der Waals surface area (Å²) in [7, 11) is -5.24. The predicted octanol–water partition coefficient (Wildman–Crippen LogP) is 3.18. The minimum atomic E-state index is -5.24. The van der Waals surface area contributed by atoms with Gasteiger partial charge in [-0.2, -0.15) is 0 Å². The molecule has 0 spiro atoms. The first-order chi connectivity index (χ1) is 28.6. The number of imidazole rings is 1. The Morgan fingerprint density at radius 2 is 1.70 bits per heavy atom. The summed E-state index contributed by atoms with van der Waals surface area (Å²) < 4.78 is 102. The van der Waals surface area contributed by atoms with E-state index in [1.165, 1.54) is 47.3 Å². The number of aromatic amines is 1. The molecule has 8 rings (SSSR count). The molecule has 2 aromatic carbocycles. The van der Waals surface area contributed by atoms with Gasteiger partial charge in [0.25, 0.3) is 5.56 Å². The van der Waals surface area contributed by atoms with Crippen molar-refractivity contribution < 1.29 is 65.0 Å². The maximum Gasteiger partial charge on any atom is 0.472 e. The Morgan fingerprint density at radius 3 is 2.45 bits per heavy atom. The summed E-state index contributed by atoms with van der Waals surface area (Å²) >= 11 is 0.595. The summed E-state index contributed by atoms with van der Waals surface area (Å²) in [5.41, 5.74) is 5.23. The highest BCUT2D eigenvalue weighted by molar-refractivity contribution is 8.54. The fourth-order valence-electron chi connectivity index (χ4n) is 6.54. The summed E-state index contributed by atoms with van der Waals surface area (Å²) in [5.74, 6) is -0.704. The quantitative estimate of drug-likeness (QED) is 0.0988. The molecular formula is C34H33F2N7O14P2S. The number of carbonyl (C=O) groups excluding carboxylic acids is 1. The number of carbonyl (C=O) groups is 1. The molecule has 5 N–H and O–H groups in total. The highest BCUT2D eigenvalue weighted by Crippen LogP contribution is 2.65. The van der Waals surface area contributed by atoms with E-state index >= 15 is 8.78 Å². The van der Waals surface area contributed by atoms with E-state index in [9.17, 15) is 33.5 Å². The van der Waals surface area contributed by atoms with Gasteiger partial charge in [-0.1, -0.05) is 12.1 Å². The monoisotopic (exact) mass is 895 g/mol. The molecule has 5 aromatic rings. The van der Waals surface area contributed by atoms with Gasteiger partial charge in [0, 0.05) is 18.0 Å². The third-order valence-corrected chi connectivity index (χ3v) is 14.2. The SMILES string of the molecule is Nc1ncnc2c1ncn2[C@@H]1O[C@@H]2COP(=O)(O)O[C@H]3[C@@H](F)[C@H](Cn4ccc(=O)[nH]c4=O)O[C@@H]3CO[P@](=O)(SCc3ccc(OC(=O)c4ccc(O)cc4)cc3)O[C@@H]1[C@@H]2F. The van der Waals surface area contributed by atoms with Crippen molar-refractivity contribution in [1.29, 1.82) is 0 Å². The van der Waals surface area contributed by atoms with Gasteiger partial charge in [-0.15, -0.1) is 0 Å². The smallest absolute Gasteiger partial charge is 0.472 e. The molecule has 21 nitrogen and oxygen atoms in total. The number of alkyl halides is 2. The van der Waals surface area contributed by atoms with Gasteiger partial charge in [-0.05, 0) is 53.3 Å². The lowest BCUT2D eigenvalue weighted by atomic mass is 10.1. The van der Waals surface area contributed by atoms with Gasteiger partial charge in [0.05, 0.1) is 31.6 Å². The molecule has 0 saturated carbocycles. The van der Waals surface area contributed by atoms with Crippen LogP contribution >= 0.6 is 26.0 Å². The minimum absolute atomic E-state index is 0.0156. The Kier molecular flexibility index (Phi) is 11.8. The Bertz CT molecular complexity index is 2600. The number of aromatic nitrogens is 6. The number of anilines is 1. The highest BCUT2D eigenvalue weighted by atomic mass is 32.7. The second kappa shape index (κ2) is 16.9. The number of phenolic OH excluding ortho intramolecular Hbond substituents is 1. The molecule has 1 unspecified atom stereocenters. The molecule has 26 heteroatoms. The van der Waals surface area contributed by atoms with E-state index in [0.29, 0.717) is 16.9 Å². The molecule has 0 aliphatic carbocycles. The van der Waals surface area contributed by atoms with Crippen LogP contribution in [0.25, 0.3) is 11.2 Å². The number of nitrogens with zero attached hydrogens (tertiary/aromatic N) is 5.